The summed E-state index contributed by atoms with van der Waals surface area (Å²) in [7, 11) is 3.16. The molecule has 2 heterocycles. The predicted molar refractivity (Wildman–Crippen MR) is 146 cm³/mol. The van der Waals surface area contributed by atoms with Gasteiger partial charge in [-0.3, -0.25) is 14.0 Å². The Labute approximate surface area is 214 Å². The Morgan fingerprint density at radius 2 is 1.80 bits per heavy atom. The summed E-state index contributed by atoms with van der Waals surface area (Å²) in [6.45, 7) is 18.6. The van der Waals surface area contributed by atoms with Crippen molar-refractivity contribution in [3.8, 4) is 0 Å². The van der Waals surface area contributed by atoms with E-state index in [9.17, 15) is 9.59 Å². The summed E-state index contributed by atoms with van der Waals surface area (Å²) in [6.07, 6.45) is 5.50. The van der Waals surface area contributed by atoms with Gasteiger partial charge in [0.1, 0.15) is 23.8 Å². The smallest absolute Gasteiger partial charge is 0.305 e. The van der Waals surface area contributed by atoms with Crippen LogP contribution in [0.1, 0.15) is 76.1 Å². The van der Waals surface area contributed by atoms with E-state index in [2.05, 4.69) is 21.6 Å². The number of rotatable bonds is 9. The Kier molecular flexibility index (Phi) is 18.8. The van der Waals surface area contributed by atoms with E-state index in [4.69, 9.17) is 16.4 Å². The van der Waals surface area contributed by atoms with Crippen LogP contribution in [-0.2, 0) is 20.9 Å². The molecule has 0 amide bonds. The highest BCUT2D eigenvalue weighted by Crippen LogP contribution is 2.29. The lowest BCUT2D eigenvalue weighted by atomic mass is 10.1. The highest BCUT2D eigenvalue weighted by atomic mass is 35.5. The zero-order valence-corrected chi connectivity index (χ0v) is 23.1. The molecule has 2 aromatic heterocycles. The highest BCUT2D eigenvalue weighted by Gasteiger charge is 2.23. The van der Waals surface area contributed by atoms with Crippen molar-refractivity contribution in [3.05, 3.63) is 64.6 Å². The van der Waals surface area contributed by atoms with E-state index in [1.165, 1.54) is 7.11 Å². The number of carbonyl (C=O) groups is 3. The number of nitrogens with one attached hydrogen (secondary N) is 1. The molecule has 0 atom stereocenters. The summed E-state index contributed by atoms with van der Waals surface area (Å²) >= 11 is 6.45. The van der Waals surface area contributed by atoms with Crippen LogP contribution < -0.4 is 5.32 Å². The van der Waals surface area contributed by atoms with Crippen molar-refractivity contribution in [2.45, 2.75) is 60.9 Å². The van der Waals surface area contributed by atoms with E-state index >= 15 is 0 Å². The number of fused-ring (bicyclic) bond motifs is 1. The fraction of sp³-hybridized carbons (Fsp3) is 0.407. The molecule has 0 bridgehead atoms. The first-order chi connectivity index (χ1) is 16.8. The zero-order valence-electron chi connectivity index (χ0n) is 22.3. The summed E-state index contributed by atoms with van der Waals surface area (Å²) in [6, 6.07) is 3.81. The minimum absolute atomic E-state index is 0.00638. The average molecular weight is 506 g/mol. The first-order valence-electron chi connectivity index (χ1n) is 11.6. The van der Waals surface area contributed by atoms with E-state index in [1.807, 2.05) is 73.6 Å². The maximum Gasteiger partial charge on any atom is 0.305 e. The van der Waals surface area contributed by atoms with Gasteiger partial charge in [0, 0.05) is 29.8 Å². The molecule has 0 unspecified atom stereocenters. The molecule has 0 fully saturated rings. The minimum Gasteiger partial charge on any atom is -0.469 e. The van der Waals surface area contributed by atoms with E-state index in [0.29, 0.717) is 34.2 Å². The van der Waals surface area contributed by atoms with Crippen molar-refractivity contribution in [1.29, 1.82) is 0 Å². The molecule has 0 aliphatic heterocycles. The molecule has 2 rings (SSSR count). The molecule has 0 aliphatic rings. The number of ketones is 1. The van der Waals surface area contributed by atoms with Crippen LogP contribution in [-0.4, -0.2) is 42.1 Å². The standard InChI is InChI=1S/C22H26ClN3O3.2C2H6.CH2O/c1-6-14(2)11-17(23)15(3)21-22(18(27)7-8-20(28)29-5)26-10-9-16(13-24-4)12-19(26)25-21;3*1-2/h6,9-12,24H,3,7-8,13H2,1-2,4-5H3;2*1-2H3;1H2/b14-6-,17-11+;;;. The van der Waals surface area contributed by atoms with Crippen LogP contribution in [0.2, 0.25) is 0 Å². The summed E-state index contributed by atoms with van der Waals surface area (Å²) in [5.41, 5.74) is 3.83. The van der Waals surface area contributed by atoms with Crippen LogP contribution in [0, 0.1) is 0 Å². The van der Waals surface area contributed by atoms with Crippen molar-refractivity contribution in [1.82, 2.24) is 14.7 Å². The van der Waals surface area contributed by atoms with Gasteiger partial charge in [-0.05, 0) is 44.7 Å². The van der Waals surface area contributed by atoms with Crippen molar-refractivity contribution in [2.75, 3.05) is 14.2 Å². The van der Waals surface area contributed by atoms with Gasteiger partial charge >= 0.3 is 5.97 Å². The number of imidazole rings is 1. The summed E-state index contributed by atoms with van der Waals surface area (Å²) < 4.78 is 6.36. The number of halogens is 1. The van der Waals surface area contributed by atoms with Gasteiger partial charge in [0.25, 0.3) is 0 Å². The first-order valence-corrected chi connectivity index (χ1v) is 11.9. The van der Waals surface area contributed by atoms with Crippen LogP contribution >= 0.6 is 11.6 Å². The highest BCUT2D eigenvalue weighted by molar-refractivity contribution is 6.37. The molecule has 0 radical (unpaired) electrons. The van der Waals surface area contributed by atoms with Crippen LogP contribution in [0.5, 0.6) is 0 Å². The van der Waals surface area contributed by atoms with Crippen molar-refractivity contribution in [2.24, 2.45) is 0 Å². The lowest BCUT2D eigenvalue weighted by molar-refractivity contribution is -0.140. The minimum atomic E-state index is -0.439. The molecule has 2 aromatic rings. The Morgan fingerprint density at radius 1 is 1.20 bits per heavy atom. The Hall–Kier alpha value is -3.03. The van der Waals surface area contributed by atoms with Crippen LogP contribution in [0.4, 0.5) is 0 Å². The van der Waals surface area contributed by atoms with Crippen LogP contribution in [0.25, 0.3) is 11.2 Å². The third kappa shape index (κ3) is 10.4. The number of esters is 1. The fourth-order valence-corrected chi connectivity index (χ4v) is 3.06. The molecule has 7 nitrogen and oxygen atoms in total. The summed E-state index contributed by atoms with van der Waals surface area (Å²) in [5, 5.41) is 3.50. The topological polar surface area (TPSA) is 89.8 Å². The number of aromatic nitrogens is 2. The molecule has 0 saturated carbocycles. The SMILES string of the molecule is C=C(/C(Cl)=C\C(C)=C/C)c1nc2cc(CNC)ccn2c1C(=O)CCC(=O)OC.C=O.CC.CC. The Bertz CT molecular complexity index is 1020. The van der Waals surface area contributed by atoms with Gasteiger partial charge in [-0.25, -0.2) is 4.98 Å². The molecule has 8 heteroatoms. The van der Waals surface area contributed by atoms with Gasteiger partial charge in [0.2, 0.25) is 0 Å². The number of nitrogens with zero attached hydrogens (tertiary/aromatic N) is 2. The molecular formula is C27H40ClN3O4. The van der Waals surface area contributed by atoms with Gasteiger partial charge in [-0.15, -0.1) is 0 Å². The number of hydrogen-bond donors (Lipinski definition) is 1. The van der Waals surface area contributed by atoms with E-state index in [0.717, 1.165) is 11.1 Å². The molecule has 0 saturated heterocycles. The molecular weight excluding hydrogens is 466 g/mol. The number of hydrogen-bond acceptors (Lipinski definition) is 6. The molecule has 0 spiro atoms. The second kappa shape index (κ2) is 19.3. The van der Waals surface area contributed by atoms with Crippen LogP contribution in [0.15, 0.2) is 47.7 Å². The molecule has 35 heavy (non-hydrogen) atoms. The van der Waals surface area contributed by atoms with Crippen LogP contribution in [0.3, 0.4) is 0 Å². The van der Waals surface area contributed by atoms with E-state index < -0.39 is 5.97 Å². The van der Waals surface area contributed by atoms with E-state index in [1.54, 1.807) is 16.7 Å². The number of pyridine rings is 1. The third-order valence-electron chi connectivity index (χ3n) is 4.50. The Morgan fingerprint density at radius 3 is 2.31 bits per heavy atom. The largest absolute Gasteiger partial charge is 0.469 e. The summed E-state index contributed by atoms with van der Waals surface area (Å²) in [5.74, 6) is -0.668. The van der Waals surface area contributed by atoms with E-state index in [-0.39, 0.29) is 18.6 Å². The van der Waals surface area contributed by atoms with Gasteiger partial charge in [0.05, 0.1) is 13.5 Å². The second-order valence-corrected chi connectivity index (χ2v) is 7.01. The average Bonchev–Trinajstić information content (AvgIpc) is 3.28. The van der Waals surface area contributed by atoms with Crippen molar-refractivity contribution in [3.63, 3.8) is 0 Å². The number of allylic oxidation sites excluding steroid dienone is 5. The number of methoxy groups -OCH3 is 1. The normalized spacial score (nSPS) is 10.7. The zero-order chi connectivity index (χ0) is 27.6. The van der Waals surface area contributed by atoms with Gasteiger partial charge in [-0.1, -0.05) is 57.5 Å². The maximum absolute atomic E-state index is 13.0. The molecule has 0 aromatic carbocycles. The number of carbonyl (C=O) groups excluding carboxylic acids is 3. The maximum atomic E-state index is 13.0. The fourth-order valence-electron chi connectivity index (χ4n) is 2.80. The quantitative estimate of drug-likeness (QED) is 0.249. The molecule has 0 aliphatic carbocycles. The lowest BCUT2D eigenvalue weighted by Crippen LogP contribution is -2.10. The Balaban J connectivity index is 0. The summed E-state index contributed by atoms with van der Waals surface area (Å²) in [4.78, 5) is 37.1. The van der Waals surface area contributed by atoms with Gasteiger partial charge in [-0.2, -0.15) is 0 Å². The first kappa shape index (κ1) is 34.1. The third-order valence-corrected chi connectivity index (χ3v) is 4.84. The number of ether oxygens (including phenoxy) is 1. The lowest BCUT2D eigenvalue weighted by Gasteiger charge is -2.07. The van der Waals surface area contributed by atoms with Gasteiger partial charge < -0.3 is 14.8 Å². The van der Waals surface area contributed by atoms with Crippen molar-refractivity contribution >= 4 is 41.4 Å². The molecule has 194 valence electrons. The molecule has 1 N–H and O–H groups in total. The second-order valence-electron chi connectivity index (χ2n) is 6.61. The number of Topliss-reactive ketones (excluding diaryl/α,β-unsaturated/α-hetero) is 1. The predicted octanol–water partition coefficient (Wildman–Crippen LogP) is 6.16. The van der Waals surface area contributed by atoms with Gasteiger partial charge in [0.15, 0.2) is 5.78 Å². The van der Waals surface area contributed by atoms with Crippen molar-refractivity contribution < 1.29 is 19.1 Å². The monoisotopic (exact) mass is 505 g/mol.